The summed E-state index contributed by atoms with van der Waals surface area (Å²) in [4.78, 5) is 11.3. The Morgan fingerprint density at radius 1 is 1.23 bits per heavy atom. The van der Waals surface area contributed by atoms with Crippen LogP contribution in [0.1, 0.15) is 21.8 Å². The van der Waals surface area contributed by atoms with Gasteiger partial charge in [0.1, 0.15) is 17.1 Å². The maximum absolute atomic E-state index is 13.8. The van der Waals surface area contributed by atoms with E-state index in [1.54, 1.807) is 26.0 Å². The topological polar surface area (TPSA) is 75.4 Å². The molecule has 0 fully saturated rings. The number of anilines is 2. The van der Waals surface area contributed by atoms with E-state index in [0.29, 0.717) is 17.0 Å². The van der Waals surface area contributed by atoms with E-state index in [1.165, 1.54) is 12.1 Å². The molecule has 0 amide bonds. The SMILES string of the molecule is Cc1noc(C)c1-c1cc(Cl)c(Nc2cccc(F)c2C(=O)O)c(Cl)c1. The molecule has 0 atom stereocenters. The zero-order valence-electron chi connectivity index (χ0n) is 13.7. The third-order valence-electron chi connectivity index (χ3n) is 3.85. The molecular formula is C18H13Cl2FN2O3. The molecule has 0 saturated carbocycles. The lowest BCUT2D eigenvalue weighted by Gasteiger charge is -2.14. The Hall–Kier alpha value is -2.57. The van der Waals surface area contributed by atoms with Crippen molar-refractivity contribution in [3.8, 4) is 11.1 Å². The van der Waals surface area contributed by atoms with Crippen molar-refractivity contribution in [2.75, 3.05) is 5.32 Å². The van der Waals surface area contributed by atoms with Crippen molar-refractivity contribution >= 4 is 40.5 Å². The van der Waals surface area contributed by atoms with Gasteiger partial charge in [-0.05, 0) is 43.7 Å². The summed E-state index contributed by atoms with van der Waals surface area (Å²) >= 11 is 12.7. The summed E-state index contributed by atoms with van der Waals surface area (Å²) in [6, 6.07) is 7.20. The number of aryl methyl sites for hydroxylation is 2. The number of carboxylic acid groups (broad SMARTS) is 1. The molecule has 1 aromatic heterocycles. The minimum atomic E-state index is -1.40. The van der Waals surface area contributed by atoms with Gasteiger partial charge in [0, 0.05) is 5.56 Å². The fraction of sp³-hybridized carbons (Fsp3) is 0.111. The lowest BCUT2D eigenvalue weighted by Crippen LogP contribution is -2.06. The Bertz CT molecular complexity index is 975. The molecule has 134 valence electrons. The van der Waals surface area contributed by atoms with Crippen LogP contribution in [0.5, 0.6) is 0 Å². The quantitative estimate of drug-likeness (QED) is 0.580. The van der Waals surface area contributed by atoms with E-state index in [0.717, 1.165) is 11.6 Å². The van der Waals surface area contributed by atoms with Gasteiger partial charge in [-0.2, -0.15) is 0 Å². The predicted octanol–water partition coefficient (Wildman–Crippen LogP) is 5.85. The number of rotatable bonds is 4. The number of halogens is 3. The number of benzene rings is 2. The van der Waals surface area contributed by atoms with Crippen molar-refractivity contribution < 1.29 is 18.8 Å². The highest BCUT2D eigenvalue weighted by Crippen LogP contribution is 2.39. The molecule has 0 saturated heterocycles. The van der Waals surface area contributed by atoms with Gasteiger partial charge >= 0.3 is 5.97 Å². The van der Waals surface area contributed by atoms with Crippen LogP contribution in [-0.2, 0) is 0 Å². The first-order valence-corrected chi connectivity index (χ1v) is 8.26. The van der Waals surface area contributed by atoms with Gasteiger partial charge in [0.15, 0.2) is 0 Å². The fourth-order valence-electron chi connectivity index (χ4n) is 2.71. The third kappa shape index (κ3) is 3.25. The van der Waals surface area contributed by atoms with Gasteiger partial charge in [-0.25, -0.2) is 9.18 Å². The molecule has 3 aromatic rings. The molecule has 8 heteroatoms. The van der Waals surface area contributed by atoms with Crippen molar-refractivity contribution in [1.29, 1.82) is 0 Å². The van der Waals surface area contributed by atoms with Crippen LogP contribution in [-0.4, -0.2) is 16.2 Å². The largest absolute Gasteiger partial charge is 0.478 e. The van der Waals surface area contributed by atoms with Crippen molar-refractivity contribution in [3.05, 3.63) is 63.2 Å². The Morgan fingerprint density at radius 2 is 1.88 bits per heavy atom. The standard InChI is InChI=1S/C18H13Cl2FN2O3/c1-8-15(9(2)26-23-8)10-6-11(19)17(12(20)7-10)22-14-5-3-4-13(21)16(14)18(24)25/h3-7,22H,1-2H3,(H,24,25). The molecular weight excluding hydrogens is 382 g/mol. The maximum atomic E-state index is 13.8. The Kier molecular flexibility index (Phi) is 4.89. The molecule has 0 radical (unpaired) electrons. The van der Waals surface area contributed by atoms with E-state index in [2.05, 4.69) is 10.5 Å². The van der Waals surface area contributed by atoms with E-state index in [4.69, 9.17) is 27.7 Å². The smallest absolute Gasteiger partial charge is 0.340 e. The van der Waals surface area contributed by atoms with E-state index in [9.17, 15) is 14.3 Å². The summed E-state index contributed by atoms with van der Waals surface area (Å²) in [5.74, 6) is -1.64. The molecule has 3 rings (SSSR count). The number of aromatic nitrogens is 1. The summed E-state index contributed by atoms with van der Waals surface area (Å²) < 4.78 is 19.0. The fourth-order valence-corrected chi connectivity index (χ4v) is 3.29. The lowest BCUT2D eigenvalue weighted by molar-refractivity contribution is 0.0693. The van der Waals surface area contributed by atoms with Crippen LogP contribution < -0.4 is 5.32 Å². The highest BCUT2D eigenvalue weighted by atomic mass is 35.5. The number of hydrogen-bond donors (Lipinski definition) is 2. The van der Waals surface area contributed by atoms with Gasteiger partial charge < -0.3 is 14.9 Å². The molecule has 0 aliphatic carbocycles. The van der Waals surface area contributed by atoms with Crippen LogP contribution >= 0.6 is 23.2 Å². The summed E-state index contributed by atoms with van der Waals surface area (Å²) in [6.45, 7) is 3.57. The first kappa shape index (κ1) is 18.2. The molecule has 0 aliphatic rings. The van der Waals surface area contributed by atoms with Crippen LogP contribution in [0.25, 0.3) is 11.1 Å². The molecule has 2 aromatic carbocycles. The minimum absolute atomic E-state index is 0.0476. The number of nitrogens with one attached hydrogen (secondary N) is 1. The Morgan fingerprint density at radius 3 is 2.42 bits per heavy atom. The summed E-state index contributed by atoms with van der Waals surface area (Å²) in [5.41, 5.74) is 2.00. The highest BCUT2D eigenvalue weighted by molar-refractivity contribution is 6.39. The second-order valence-electron chi connectivity index (χ2n) is 5.61. The second-order valence-corrected chi connectivity index (χ2v) is 6.42. The maximum Gasteiger partial charge on any atom is 0.340 e. The third-order valence-corrected chi connectivity index (χ3v) is 4.45. The summed E-state index contributed by atoms with van der Waals surface area (Å²) in [5, 5.41) is 16.4. The summed E-state index contributed by atoms with van der Waals surface area (Å²) in [6.07, 6.45) is 0. The van der Waals surface area contributed by atoms with Crippen LogP contribution in [0.4, 0.5) is 15.8 Å². The zero-order valence-corrected chi connectivity index (χ0v) is 15.2. The van der Waals surface area contributed by atoms with Gasteiger partial charge in [-0.15, -0.1) is 0 Å². The van der Waals surface area contributed by atoms with Crippen molar-refractivity contribution in [2.24, 2.45) is 0 Å². The number of aromatic carboxylic acids is 1. The van der Waals surface area contributed by atoms with E-state index in [-0.39, 0.29) is 21.4 Å². The second kappa shape index (κ2) is 6.97. The van der Waals surface area contributed by atoms with Crippen LogP contribution in [0.3, 0.4) is 0 Å². The Labute approximate surface area is 158 Å². The molecule has 0 unspecified atom stereocenters. The number of hydrogen-bond acceptors (Lipinski definition) is 4. The molecule has 0 aliphatic heterocycles. The van der Waals surface area contributed by atoms with Crippen molar-refractivity contribution in [3.63, 3.8) is 0 Å². The van der Waals surface area contributed by atoms with Gasteiger partial charge in [0.25, 0.3) is 0 Å². The average molecular weight is 395 g/mol. The van der Waals surface area contributed by atoms with E-state index < -0.39 is 17.3 Å². The molecule has 1 heterocycles. The van der Waals surface area contributed by atoms with Gasteiger partial charge in [-0.1, -0.05) is 34.4 Å². The van der Waals surface area contributed by atoms with Crippen LogP contribution in [0.15, 0.2) is 34.9 Å². The molecule has 0 spiro atoms. The lowest BCUT2D eigenvalue weighted by atomic mass is 10.0. The van der Waals surface area contributed by atoms with Gasteiger partial charge in [-0.3, -0.25) is 0 Å². The summed E-state index contributed by atoms with van der Waals surface area (Å²) in [7, 11) is 0. The van der Waals surface area contributed by atoms with Crippen molar-refractivity contribution in [2.45, 2.75) is 13.8 Å². The minimum Gasteiger partial charge on any atom is -0.478 e. The number of carboxylic acids is 1. The van der Waals surface area contributed by atoms with Crippen LogP contribution in [0, 0.1) is 19.7 Å². The average Bonchev–Trinajstić information content (AvgIpc) is 2.89. The van der Waals surface area contributed by atoms with Gasteiger partial charge in [0.2, 0.25) is 0 Å². The number of nitrogens with zero attached hydrogens (tertiary/aromatic N) is 1. The normalized spacial score (nSPS) is 10.8. The zero-order chi connectivity index (χ0) is 19.0. The van der Waals surface area contributed by atoms with Crippen LogP contribution in [0.2, 0.25) is 10.0 Å². The first-order valence-electron chi connectivity index (χ1n) is 7.50. The highest BCUT2D eigenvalue weighted by Gasteiger charge is 2.19. The van der Waals surface area contributed by atoms with Crippen molar-refractivity contribution in [1.82, 2.24) is 5.16 Å². The molecule has 2 N–H and O–H groups in total. The van der Waals surface area contributed by atoms with E-state index >= 15 is 0 Å². The number of carbonyl (C=O) groups is 1. The van der Waals surface area contributed by atoms with E-state index in [1.807, 2.05) is 0 Å². The molecule has 0 bridgehead atoms. The predicted molar refractivity (Wildman–Crippen MR) is 98.1 cm³/mol. The molecule has 26 heavy (non-hydrogen) atoms. The first-order chi connectivity index (χ1) is 12.3. The monoisotopic (exact) mass is 394 g/mol. The Balaban J connectivity index is 2.06. The van der Waals surface area contributed by atoms with Gasteiger partial charge in [0.05, 0.1) is 27.1 Å². The molecule has 5 nitrogen and oxygen atoms in total.